The van der Waals surface area contributed by atoms with Gasteiger partial charge in [0.1, 0.15) is 24.8 Å². The second-order valence-corrected chi connectivity index (χ2v) is 7.09. The Morgan fingerprint density at radius 1 is 1.31 bits per heavy atom. The van der Waals surface area contributed by atoms with Crippen molar-refractivity contribution in [3.8, 4) is 5.75 Å². The lowest BCUT2D eigenvalue weighted by molar-refractivity contribution is 0.0670. The van der Waals surface area contributed by atoms with Crippen LogP contribution >= 0.6 is 11.6 Å². The SMILES string of the molecule is Cc1cc(Cl)c(OCCO)cc1Nc1nnc2n1C(c1ccc(F)cc1)COC2. The van der Waals surface area contributed by atoms with Gasteiger partial charge in [0.05, 0.1) is 24.3 Å². The highest BCUT2D eigenvalue weighted by atomic mass is 35.5. The number of ether oxygens (including phenoxy) is 2. The second-order valence-electron chi connectivity index (χ2n) is 6.69. The fourth-order valence-electron chi connectivity index (χ4n) is 3.28. The van der Waals surface area contributed by atoms with Crippen molar-refractivity contribution in [2.75, 3.05) is 25.1 Å². The van der Waals surface area contributed by atoms with Crippen molar-refractivity contribution in [2.45, 2.75) is 19.6 Å². The molecule has 3 aromatic rings. The lowest BCUT2D eigenvalue weighted by Crippen LogP contribution is -2.25. The molecule has 0 saturated heterocycles. The highest BCUT2D eigenvalue weighted by Crippen LogP contribution is 2.34. The van der Waals surface area contributed by atoms with Gasteiger partial charge in [-0.2, -0.15) is 0 Å². The van der Waals surface area contributed by atoms with E-state index in [1.165, 1.54) is 12.1 Å². The van der Waals surface area contributed by atoms with Gasteiger partial charge in [0.15, 0.2) is 5.82 Å². The maximum atomic E-state index is 13.3. The summed E-state index contributed by atoms with van der Waals surface area (Å²) in [6.07, 6.45) is 0. The minimum Gasteiger partial charge on any atom is -0.490 e. The van der Waals surface area contributed by atoms with E-state index in [9.17, 15) is 4.39 Å². The van der Waals surface area contributed by atoms with Crippen LogP contribution in [-0.2, 0) is 11.3 Å². The molecule has 2 N–H and O–H groups in total. The van der Waals surface area contributed by atoms with E-state index < -0.39 is 0 Å². The molecule has 1 atom stereocenters. The quantitative estimate of drug-likeness (QED) is 0.636. The first-order valence-electron chi connectivity index (χ1n) is 9.14. The van der Waals surface area contributed by atoms with Crippen molar-refractivity contribution in [3.05, 3.63) is 64.2 Å². The van der Waals surface area contributed by atoms with Crippen LogP contribution in [0.5, 0.6) is 5.75 Å². The number of hydrogen-bond acceptors (Lipinski definition) is 6. The predicted molar refractivity (Wildman–Crippen MR) is 106 cm³/mol. The smallest absolute Gasteiger partial charge is 0.229 e. The number of benzene rings is 2. The molecule has 0 amide bonds. The minimum absolute atomic E-state index is 0.107. The number of nitrogens with one attached hydrogen (secondary N) is 1. The highest BCUT2D eigenvalue weighted by Gasteiger charge is 2.27. The number of fused-ring (bicyclic) bond motifs is 1. The van der Waals surface area contributed by atoms with E-state index in [1.807, 2.05) is 11.5 Å². The van der Waals surface area contributed by atoms with Crippen LogP contribution < -0.4 is 10.1 Å². The van der Waals surface area contributed by atoms with Gasteiger partial charge in [-0.1, -0.05) is 23.7 Å². The Balaban J connectivity index is 1.68. The zero-order valence-electron chi connectivity index (χ0n) is 15.7. The van der Waals surface area contributed by atoms with Gasteiger partial charge in [0.2, 0.25) is 5.95 Å². The molecule has 9 heteroatoms. The fourth-order valence-corrected chi connectivity index (χ4v) is 3.55. The van der Waals surface area contributed by atoms with E-state index in [2.05, 4.69) is 15.5 Å². The molecule has 1 aliphatic heterocycles. The zero-order valence-corrected chi connectivity index (χ0v) is 16.5. The summed E-state index contributed by atoms with van der Waals surface area (Å²) < 4.78 is 26.5. The van der Waals surface area contributed by atoms with Gasteiger partial charge in [-0.25, -0.2) is 4.39 Å². The van der Waals surface area contributed by atoms with Crippen LogP contribution in [0.1, 0.15) is 23.0 Å². The molecule has 1 aliphatic rings. The van der Waals surface area contributed by atoms with Crippen molar-refractivity contribution in [1.29, 1.82) is 0 Å². The average molecular weight is 419 g/mol. The van der Waals surface area contributed by atoms with E-state index >= 15 is 0 Å². The Bertz CT molecular complexity index is 1010. The Kier molecular flexibility index (Phi) is 5.66. The van der Waals surface area contributed by atoms with Crippen molar-refractivity contribution in [2.24, 2.45) is 0 Å². The number of hydrogen-bond donors (Lipinski definition) is 2. The normalized spacial score (nSPS) is 15.8. The molecule has 0 spiro atoms. The minimum atomic E-state index is -0.292. The van der Waals surface area contributed by atoms with Crippen molar-refractivity contribution >= 4 is 23.2 Å². The van der Waals surface area contributed by atoms with E-state index in [0.29, 0.717) is 35.8 Å². The Labute approximate surface area is 172 Å². The van der Waals surface area contributed by atoms with Gasteiger partial charge in [-0.3, -0.25) is 4.57 Å². The molecule has 4 rings (SSSR count). The Morgan fingerprint density at radius 2 is 2.10 bits per heavy atom. The van der Waals surface area contributed by atoms with Crippen molar-refractivity contribution in [3.63, 3.8) is 0 Å². The Morgan fingerprint density at radius 3 is 2.86 bits per heavy atom. The lowest BCUT2D eigenvalue weighted by atomic mass is 10.1. The van der Waals surface area contributed by atoms with Crippen molar-refractivity contribution in [1.82, 2.24) is 14.8 Å². The first kappa shape index (κ1) is 19.6. The number of halogens is 2. The molecular formula is C20H20ClFN4O3. The molecule has 29 heavy (non-hydrogen) atoms. The van der Waals surface area contributed by atoms with E-state index in [1.54, 1.807) is 24.3 Å². The maximum Gasteiger partial charge on any atom is 0.229 e. The van der Waals surface area contributed by atoms with Gasteiger partial charge in [0.25, 0.3) is 0 Å². The molecule has 2 heterocycles. The molecule has 0 aliphatic carbocycles. The molecule has 0 saturated carbocycles. The summed E-state index contributed by atoms with van der Waals surface area (Å²) in [4.78, 5) is 0. The van der Waals surface area contributed by atoms with Crippen LogP contribution in [0.4, 0.5) is 16.0 Å². The van der Waals surface area contributed by atoms with Gasteiger partial charge in [0, 0.05) is 11.8 Å². The van der Waals surface area contributed by atoms with E-state index in [0.717, 1.165) is 16.8 Å². The first-order valence-corrected chi connectivity index (χ1v) is 9.52. The maximum absolute atomic E-state index is 13.3. The van der Waals surface area contributed by atoms with Gasteiger partial charge < -0.3 is 19.9 Å². The molecule has 0 bridgehead atoms. The van der Waals surface area contributed by atoms with Crippen molar-refractivity contribution < 1.29 is 19.0 Å². The topological polar surface area (TPSA) is 81.4 Å². The summed E-state index contributed by atoms with van der Waals surface area (Å²) >= 11 is 6.24. The molecule has 0 radical (unpaired) electrons. The Hall–Kier alpha value is -2.68. The third-order valence-electron chi connectivity index (χ3n) is 4.71. The number of aryl methyl sites for hydroxylation is 1. The average Bonchev–Trinajstić information content (AvgIpc) is 3.13. The fraction of sp³-hybridized carbons (Fsp3) is 0.300. The lowest BCUT2D eigenvalue weighted by Gasteiger charge is -2.27. The standard InChI is InChI=1S/C20H20ClFN4O3/c1-12-8-15(21)18(29-7-6-27)9-16(12)23-20-25-24-19-11-28-10-17(26(19)20)13-2-4-14(22)5-3-13/h2-5,8-9,17,27H,6-7,10-11H2,1H3,(H,23,25). The number of aliphatic hydroxyl groups is 1. The predicted octanol–water partition coefficient (Wildman–Crippen LogP) is 3.61. The van der Waals surface area contributed by atoms with Crippen LogP contribution in [0.3, 0.4) is 0 Å². The van der Waals surface area contributed by atoms with E-state index in [4.69, 9.17) is 26.2 Å². The summed E-state index contributed by atoms with van der Waals surface area (Å²) in [6.45, 7) is 2.72. The number of rotatable bonds is 6. The molecular weight excluding hydrogens is 399 g/mol. The van der Waals surface area contributed by atoms with Crippen LogP contribution in [0.25, 0.3) is 0 Å². The zero-order chi connectivity index (χ0) is 20.4. The summed E-state index contributed by atoms with van der Waals surface area (Å²) in [5.74, 6) is 1.39. The van der Waals surface area contributed by atoms with Crippen LogP contribution in [0.15, 0.2) is 36.4 Å². The number of anilines is 2. The molecule has 1 unspecified atom stereocenters. The highest BCUT2D eigenvalue weighted by molar-refractivity contribution is 6.32. The summed E-state index contributed by atoms with van der Waals surface area (Å²) in [5, 5.41) is 21.3. The third kappa shape index (κ3) is 4.05. The molecule has 7 nitrogen and oxygen atoms in total. The van der Waals surface area contributed by atoms with Gasteiger partial charge in [-0.15, -0.1) is 10.2 Å². The number of aliphatic hydroxyl groups excluding tert-OH is 1. The summed E-state index contributed by atoms with van der Waals surface area (Å²) in [5.41, 5.74) is 2.55. The van der Waals surface area contributed by atoms with Crippen LogP contribution in [0, 0.1) is 12.7 Å². The number of aromatic nitrogens is 3. The molecule has 0 fully saturated rings. The number of nitrogens with zero attached hydrogens (tertiary/aromatic N) is 3. The molecule has 1 aromatic heterocycles. The van der Waals surface area contributed by atoms with Crippen LogP contribution in [0.2, 0.25) is 5.02 Å². The van der Waals surface area contributed by atoms with Crippen LogP contribution in [-0.4, -0.2) is 39.7 Å². The first-order chi connectivity index (χ1) is 14.1. The third-order valence-corrected chi connectivity index (χ3v) is 5.01. The summed E-state index contributed by atoms with van der Waals surface area (Å²) in [7, 11) is 0. The van der Waals surface area contributed by atoms with E-state index in [-0.39, 0.29) is 25.1 Å². The second kappa shape index (κ2) is 8.36. The monoisotopic (exact) mass is 418 g/mol. The molecule has 152 valence electrons. The van der Waals surface area contributed by atoms with Gasteiger partial charge in [-0.05, 0) is 36.2 Å². The van der Waals surface area contributed by atoms with Gasteiger partial charge >= 0.3 is 0 Å². The largest absolute Gasteiger partial charge is 0.490 e. The summed E-state index contributed by atoms with van der Waals surface area (Å²) in [6, 6.07) is 9.68. The molecule has 2 aromatic carbocycles.